The fourth-order valence-corrected chi connectivity index (χ4v) is 5.22. The van der Waals surface area contributed by atoms with Crippen molar-refractivity contribution in [3.05, 3.63) is 106 Å². The van der Waals surface area contributed by atoms with Crippen molar-refractivity contribution in [3.63, 3.8) is 0 Å². The van der Waals surface area contributed by atoms with Gasteiger partial charge in [0.2, 0.25) is 5.91 Å². The van der Waals surface area contributed by atoms with Gasteiger partial charge in [0, 0.05) is 34.9 Å². The number of carbonyl (C=O) groups excluding carboxylic acids is 4. The molecule has 1 aliphatic rings. The Morgan fingerprint density at radius 2 is 1.77 bits per heavy atom. The molecule has 3 amide bonds. The molecule has 0 atom stereocenters. The van der Waals surface area contributed by atoms with Crippen molar-refractivity contribution in [1.82, 2.24) is 9.47 Å². The molecule has 1 fully saturated rings. The number of methoxy groups -OCH3 is 1. The smallest absolute Gasteiger partial charge is 0.337 e. The number of nitrogens with one attached hydrogen (secondary N) is 1. The van der Waals surface area contributed by atoms with Gasteiger partial charge in [0.05, 0.1) is 17.6 Å². The molecule has 5 rings (SSSR count). The lowest BCUT2D eigenvalue weighted by Crippen LogP contribution is -2.36. The number of anilines is 1. The van der Waals surface area contributed by atoms with Gasteiger partial charge in [-0.25, -0.2) is 4.79 Å². The molecular formula is C30H25N3O5S. The number of hydrogen-bond acceptors (Lipinski definition) is 6. The molecule has 8 nitrogen and oxygen atoms in total. The third-order valence-electron chi connectivity index (χ3n) is 6.32. The highest BCUT2D eigenvalue weighted by atomic mass is 32.2. The molecule has 1 aromatic heterocycles. The summed E-state index contributed by atoms with van der Waals surface area (Å²) in [5, 5.41) is 3.14. The third kappa shape index (κ3) is 5.63. The number of hydrogen-bond donors (Lipinski definition) is 1. The van der Waals surface area contributed by atoms with Gasteiger partial charge in [0.15, 0.2) is 0 Å². The van der Waals surface area contributed by atoms with E-state index in [0.29, 0.717) is 17.8 Å². The van der Waals surface area contributed by atoms with E-state index in [4.69, 9.17) is 4.74 Å². The largest absolute Gasteiger partial charge is 0.465 e. The first-order chi connectivity index (χ1) is 18.8. The number of aryl methyl sites for hydroxylation is 1. The number of nitrogens with zero attached hydrogens (tertiary/aromatic N) is 2. The number of imide groups is 1. The Bertz CT molecular complexity index is 1640. The molecule has 39 heavy (non-hydrogen) atoms. The maximum Gasteiger partial charge on any atom is 0.337 e. The number of carbonyl (C=O) groups is 4. The maximum atomic E-state index is 13.1. The van der Waals surface area contributed by atoms with Crippen molar-refractivity contribution in [2.45, 2.75) is 13.5 Å². The second-order valence-electron chi connectivity index (χ2n) is 9.10. The molecule has 0 radical (unpaired) electrons. The number of thioether (sulfide) groups is 1. The molecule has 0 saturated carbocycles. The number of ether oxygens (including phenoxy) is 1. The highest BCUT2D eigenvalue weighted by molar-refractivity contribution is 8.18. The quantitative estimate of drug-likeness (QED) is 0.247. The Morgan fingerprint density at radius 3 is 2.54 bits per heavy atom. The summed E-state index contributed by atoms with van der Waals surface area (Å²) in [6, 6.07) is 22.2. The van der Waals surface area contributed by atoms with Gasteiger partial charge in [0.25, 0.3) is 11.1 Å². The number of aromatic nitrogens is 1. The van der Waals surface area contributed by atoms with E-state index in [1.165, 1.54) is 7.11 Å². The summed E-state index contributed by atoms with van der Waals surface area (Å²) in [7, 11) is 1.35. The second-order valence-corrected chi connectivity index (χ2v) is 10.1. The van der Waals surface area contributed by atoms with Gasteiger partial charge >= 0.3 is 5.97 Å². The summed E-state index contributed by atoms with van der Waals surface area (Å²) in [5.74, 6) is -1.36. The molecule has 1 aliphatic heterocycles. The van der Waals surface area contributed by atoms with Crippen LogP contribution >= 0.6 is 11.8 Å². The number of benzene rings is 3. The fraction of sp³-hybridized carbons (Fsp3) is 0.133. The Balaban J connectivity index is 1.37. The van der Waals surface area contributed by atoms with Crippen LogP contribution < -0.4 is 5.32 Å². The monoisotopic (exact) mass is 539 g/mol. The molecule has 1 N–H and O–H groups in total. The molecule has 196 valence electrons. The van der Waals surface area contributed by atoms with Gasteiger partial charge in [0.1, 0.15) is 6.54 Å². The lowest BCUT2D eigenvalue weighted by atomic mass is 10.1. The van der Waals surface area contributed by atoms with Crippen molar-refractivity contribution >= 4 is 57.5 Å². The van der Waals surface area contributed by atoms with E-state index in [2.05, 4.69) is 5.32 Å². The number of amides is 3. The molecule has 0 unspecified atom stereocenters. The SMILES string of the molecule is COC(=O)c1cccc(Cn2cc(/C=C3\SC(=O)N(CC(=O)Nc4ccc(C)cc4)C3=O)c3ccccc32)c1. The average Bonchev–Trinajstić information content (AvgIpc) is 3.41. The van der Waals surface area contributed by atoms with Gasteiger partial charge in [-0.3, -0.25) is 19.3 Å². The minimum Gasteiger partial charge on any atom is -0.465 e. The van der Waals surface area contributed by atoms with Crippen molar-refractivity contribution < 1.29 is 23.9 Å². The first-order valence-corrected chi connectivity index (χ1v) is 13.0. The van der Waals surface area contributed by atoms with Crippen LogP contribution in [-0.2, 0) is 20.9 Å². The summed E-state index contributed by atoms with van der Waals surface area (Å²) in [5.41, 5.74) is 4.73. The van der Waals surface area contributed by atoms with Crippen LogP contribution in [0.3, 0.4) is 0 Å². The van der Waals surface area contributed by atoms with Gasteiger partial charge in [-0.05, 0) is 60.7 Å². The summed E-state index contributed by atoms with van der Waals surface area (Å²) in [6.45, 7) is 2.06. The van der Waals surface area contributed by atoms with Crippen molar-refractivity contribution in [1.29, 1.82) is 0 Å². The number of fused-ring (bicyclic) bond motifs is 1. The van der Waals surface area contributed by atoms with E-state index in [1.807, 2.05) is 60.2 Å². The Labute approximate surface area is 229 Å². The Morgan fingerprint density at radius 1 is 1.00 bits per heavy atom. The molecule has 3 aromatic carbocycles. The minimum atomic E-state index is -0.508. The summed E-state index contributed by atoms with van der Waals surface area (Å²) < 4.78 is 6.86. The molecule has 0 bridgehead atoms. The molecule has 1 saturated heterocycles. The zero-order valence-electron chi connectivity index (χ0n) is 21.3. The first-order valence-electron chi connectivity index (χ1n) is 12.2. The predicted molar refractivity (Wildman–Crippen MR) is 151 cm³/mol. The predicted octanol–water partition coefficient (Wildman–Crippen LogP) is 5.46. The van der Waals surface area contributed by atoms with Crippen LogP contribution in [0.2, 0.25) is 0 Å². The molecule has 4 aromatic rings. The van der Waals surface area contributed by atoms with Crippen molar-refractivity contribution in [2.24, 2.45) is 0 Å². The molecule has 0 aliphatic carbocycles. The molecule has 0 spiro atoms. The zero-order chi connectivity index (χ0) is 27.5. The average molecular weight is 540 g/mol. The van der Waals surface area contributed by atoms with E-state index in [9.17, 15) is 19.2 Å². The Kier molecular flexibility index (Phi) is 7.33. The standard InChI is InChI=1S/C30H25N3O5S/c1-19-10-12-23(13-11-19)31-27(34)18-33-28(35)26(39-30(33)37)15-22-17-32(25-9-4-3-8-24(22)25)16-20-6-5-7-21(14-20)29(36)38-2/h3-15,17H,16,18H2,1-2H3,(H,31,34)/b26-15-. The van der Waals surface area contributed by atoms with Gasteiger partial charge in [-0.1, -0.05) is 48.0 Å². The first kappa shape index (κ1) is 26.0. The molecule has 9 heteroatoms. The highest BCUT2D eigenvalue weighted by Gasteiger charge is 2.36. The van der Waals surface area contributed by atoms with Crippen LogP contribution in [0.15, 0.2) is 83.9 Å². The number of rotatable bonds is 7. The van der Waals surface area contributed by atoms with Gasteiger partial charge in [-0.2, -0.15) is 0 Å². The highest BCUT2D eigenvalue weighted by Crippen LogP contribution is 2.34. The zero-order valence-corrected chi connectivity index (χ0v) is 22.2. The summed E-state index contributed by atoms with van der Waals surface area (Å²) >= 11 is 0.814. The van der Waals surface area contributed by atoms with Crippen LogP contribution in [0.4, 0.5) is 10.5 Å². The fourth-order valence-electron chi connectivity index (χ4n) is 4.39. The molecular weight excluding hydrogens is 514 g/mol. The maximum absolute atomic E-state index is 13.1. The van der Waals surface area contributed by atoms with E-state index in [0.717, 1.165) is 44.3 Å². The number of esters is 1. The van der Waals surface area contributed by atoms with E-state index < -0.39 is 23.0 Å². The van der Waals surface area contributed by atoms with Crippen LogP contribution in [0.25, 0.3) is 17.0 Å². The normalized spacial score (nSPS) is 14.3. The van der Waals surface area contributed by atoms with Gasteiger partial charge in [-0.15, -0.1) is 0 Å². The second kappa shape index (κ2) is 11.0. The topological polar surface area (TPSA) is 97.7 Å². The van der Waals surface area contributed by atoms with Crippen LogP contribution in [0, 0.1) is 6.92 Å². The lowest BCUT2D eigenvalue weighted by Gasteiger charge is -2.12. The summed E-state index contributed by atoms with van der Waals surface area (Å²) in [4.78, 5) is 51.4. The number of para-hydroxylation sites is 1. The van der Waals surface area contributed by atoms with Crippen LogP contribution in [0.5, 0.6) is 0 Å². The van der Waals surface area contributed by atoms with Crippen molar-refractivity contribution in [3.8, 4) is 0 Å². The van der Waals surface area contributed by atoms with Crippen LogP contribution in [0.1, 0.15) is 27.0 Å². The molecule has 2 heterocycles. The lowest BCUT2D eigenvalue weighted by molar-refractivity contribution is -0.127. The van der Waals surface area contributed by atoms with E-state index >= 15 is 0 Å². The van der Waals surface area contributed by atoms with Crippen molar-refractivity contribution in [2.75, 3.05) is 19.0 Å². The minimum absolute atomic E-state index is 0.249. The van der Waals surface area contributed by atoms with Gasteiger partial charge < -0.3 is 14.6 Å². The van der Waals surface area contributed by atoms with Crippen LogP contribution in [-0.4, -0.2) is 46.1 Å². The third-order valence-corrected chi connectivity index (χ3v) is 7.23. The summed E-state index contributed by atoms with van der Waals surface area (Å²) in [6.07, 6.45) is 3.60. The Hall–Kier alpha value is -4.63. The van der Waals surface area contributed by atoms with E-state index in [-0.39, 0.29) is 11.4 Å². The van der Waals surface area contributed by atoms with E-state index in [1.54, 1.807) is 36.4 Å².